The normalized spacial score (nSPS) is 13.4. The Bertz CT molecular complexity index is 570. The van der Waals surface area contributed by atoms with Crippen molar-refractivity contribution in [1.82, 2.24) is 0 Å². The van der Waals surface area contributed by atoms with Crippen LogP contribution >= 0.6 is 11.8 Å². The maximum atomic E-state index is 12.1. The number of carbonyl (C=O) groups excluding carboxylic acids is 1. The van der Waals surface area contributed by atoms with Gasteiger partial charge in [-0.3, -0.25) is 4.79 Å². The van der Waals surface area contributed by atoms with Crippen molar-refractivity contribution in [3.63, 3.8) is 0 Å². The highest BCUT2D eigenvalue weighted by Gasteiger charge is 2.30. The van der Waals surface area contributed by atoms with Gasteiger partial charge in [-0.25, -0.2) is 0 Å². The lowest BCUT2D eigenvalue weighted by Crippen LogP contribution is -2.42. The van der Waals surface area contributed by atoms with Crippen molar-refractivity contribution < 1.29 is 9.90 Å². The first-order chi connectivity index (χ1) is 10.1. The number of para-hydroxylation sites is 1. The summed E-state index contributed by atoms with van der Waals surface area (Å²) in [5.74, 6) is 0.741. The van der Waals surface area contributed by atoms with Gasteiger partial charge in [-0.15, -0.1) is 0 Å². The third kappa shape index (κ3) is 4.92. The molecule has 0 spiro atoms. The van der Waals surface area contributed by atoms with Gasteiger partial charge < -0.3 is 10.4 Å². The van der Waals surface area contributed by atoms with Crippen LogP contribution in [0.1, 0.15) is 12.5 Å². The molecule has 2 aromatic rings. The van der Waals surface area contributed by atoms with E-state index in [4.69, 9.17) is 0 Å². The first kappa shape index (κ1) is 15.6. The van der Waals surface area contributed by atoms with Crippen molar-refractivity contribution in [2.75, 3.05) is 11.1 Å². The molecule has 2 aromatic carbocycles. The molecule has 0 saturated carbocycles. The molecule has 0 aliphatic heterocycles. The number of thioether (sulfide) groups is 1. The summed E-state index contributed by atoms with van der Waals surface area (Å²) in [6.07, 6.45) is 0. The van der Waals surface area contributed by atoms with E-state index < -0.39 is 5.60 Å². The topological polar surface area (TPSA) is 49.3 Å². The Balaban J connectivity index is 1.84. The van der Waals surface area contributed by atoms with Gasteiger partial charge in [0.15, 0.2) is 0 Å². The Labute approximate surface area is 129 Å². The first-order valence-electron chi connectivity index (χ1n) is 6.78. The third-order valence-electron chi connectivity index (χ3n) is 3.02. The van der Waals surface area contributed by atoms with Gasteiger partial charge >= 0.3 is 0 Å². The lowest BCUT2D eigenvalue weighted by atomic mass is 10.1. The number of carbonyl (C=O) groups is 1. The van der Waals surface area contributed by atoms with Crippen molar-refractivity contribution in [2.24, 2.45) is 0 Å². The molecule has 1 amide bonds. The van der Waals surface area contributed by atoms with Crippen LogP contribution < -0.4 is 5.32 Å². The predicted octanol–water partition coefficient (Wildman–Crippen LogP) is 3.31. The monoisotopic (exact) mass is 301 g/mol. The van der Waals surface area contributed by atoms with E-state index >= 15 is 0 Å². The zero-order valence-corrected chi connectivity index (χ0v) is 12.8. The number of aliphatic hydroxyl groups is 1. The highest BCUT2D eigenvalue weighted by atomic mass is 32.2. The molecule has 0 fully saturated rings. The Morgan fingerprint density at radius 2 is 1.67 bits per heavy atom. The van der Waals surface area contributed by atoms with E-state index in [1.54, 1.807) is 30.8 Å². The molecular formula is C17H19NO2S. The average Bonchev–Trinajstić information content (AvgIpc) is 2.49. The number of benzene rings is 2. The van der Waals surface area contributed by atoms with Crippen LogP contribution in [0.15, 0.2) is 60.7 Å². The average molecular weight is 301 g/mol. The fourth-order valence-electron chi connectivity index (χ4n) is 1.79. The minimum Gasteiger partial charge on any atom is -0.379 e. The van der Waals surface area contributed by atoms with Gasteiger partial charge in [0.2, 0.25) is 0 Å². The lowest BCUT2D eigenvalue weighted by molar-refractivity contribution is -0.130. The number of hydrogen-bond donors (Lipinski definition) is 2. The number of nitrogens with one attached hydrogen (secondary N) is 1. The van der Waals surface area contributed by atoms with Gasteiger partial charge in [0.1, 0.15) is 5.60 Å². The van der Waals surface area contributed by atoms with Crippen molar-refractivity contribution in [3.8, 4) is 0 Å². The lowest BCUT2D eigenvalue weighted by Gasteiger charge is -2.22. The van der Waals surface area contributed by atoms with Crippen LogP contribution in [-0.2, 0) is 10.5 Å². The SMILES string of the molecule is C[C@@](O)(CSCc1ccccc1)C(=O)Nc1ccccc1. The summed E-state index contributed by atoms with van der Waals surface area (Å²) < 4.78 is 0. The van der Waals surface area contributed by atoms with Crippen LogP contribution in [0.5, 0.6) is 0 Å². The van der Waals surface area contributed by atoms with E-state index in [2.05, 4.69) is 5.32 Å². The summed E-state index contributed by atoms with van der Waals surface area (Å²) >= 11 is 1.54. The molecule has 0 aliphatic carbocycles. The standard InChI is InChI=1S/C17H19NO2S/c1-17(20,13-21-12-14-8-4-2-5-9-14)16(19)18-15-10-6-3-7-11-15/h2-11,20H,12-13H2,1H3,(H,18,19)/t17-/m1/s1. The quantitative estimate of drug-likeness (QED) is 0.860. The van der Waals surface area contributed by atoms with Gasteiger partial charge in [0.05, 0.1) is 0 Å². The second-order valence-electron chi connectivity index (χ2n) is 5.07. The first-order valence-corrected chi connectivity index (χ1v) is 7.94. The fourth-order valence-corrected chi connectivity index (χ4v) is 2.85. The molecular weight excluding hydrogens is 282 g/mol. The molecule has 0 aliphatic rings. The summed E-state index contributed by atoms with van der Waals surface area (Å²) in [6, 6.07) is 19.2. The molecule has 3 nitrogen and oxygen atoms in total. The molecule has 2 rings (SSSR count). The van der Waals surface area contributed by atoms with Gasteiger partial charge in [0, 0.05) is 17.2 Å². The molecule has 0 unspecified atom stereocenters. The number of anilines is 1. The maximum absolute atomic E-state index is 12.1. The van der Waals surface area contributed by atoms with E-state index in [1.807, 2.05) is 48.5 Å². The van der Waals surface area contributed by atoms with Crippen LogP contribution in [0.25, 0.3) is 0 Å². The Hall–Kier alpha value is -1.78. The molecule has 110 valence electrons. The molecule has 0 aromatic heterocycles. The highest BCUT2D eigenvalue weighted by molar-refractivity contribution is 7.98. The van der Waals surface area contributed by atoms with E-state index in [-0.39, 0.29) is 5.91 Å². The summed E-state index contributed by atoms with van der Waals surface area (Å²) in [5.41, 5.74) is 0.479. The molecule has 1 atom stereocenters. The van der Waals surface area contributed by atoms with Crippen LogP contribution in [-0.4, -0.2) is 22.4 Å². The van der Waals surface area contributed by atoms with Gasteiger partial charge in [-0.05, 0) is 24.6 Å². The number of amides is 1. The zero-order valence-electron chi connectivity index (χ0n) is 12.0. The Kier molecular flexibility index (Phi) is 5.42. The van der Waals surface area contributed by atoms with Crippen molar-refractivity contribution in [3.05, 3.63) is 66.2 Å². The third-order valence-corrected chi connectivity index (χ3v) is 4.32. The van der Waals surface area contributed by atoms with Gasteiger partial charge in [-0.1, -0.05) is 48.5 Å². The van der Waals surface area contributed by atoms with E-state index in [1.165, 1.54) is 5.56 Å². The van der Waals surface area contributed by atoms with Crippen LogP contribution in [0.3, 0.4) is 0 Å². The molecule has 21 heavy (non-hydrogen) atoms. The smallest absolute Gasteiger partial charge is 0.256 e. The molecule has 0 radical (unpaired) electrons. The number of hydrogen-bond acceptors (Lipinski definition) is 3. The second-order valence-corrected chi connectivity index (χ2v) is 6.06. The van der Waals surface area contributed by atoms with Gasteiger partial charge in [0.25, 0.3) is 5.91 Å². The predicted molar refractivity (Wildman–Crippen MR) is 88.3 cm³/mol. The molecule has 4 heteroatoms. The van der Waals surface area contributed by atoms with Crippen LogP contribution in [0.4, 0.5) is 5.69 Å². The molecule has 2 N–H and O–H groups in total. The van der Waals surface area contributed by atoms with E-state index in [9.17, 15) is 9.90 Å². The largest absolute Gasteiger partial charge is 0.379 e. The minimum atomic E-state index is -1.39. The van der Waals surface area contributed by atoms with E-state index in [0.717, 1.165) is 5.75 Å². The molecule has 0 saturated heterocycles. The summed E-state index contributed by atoms with van der Waals surface area (Å²) in [7, 11) is 0. The minimum absolute atomic E-state index is 0.348. The van der Waals surface area contributed by atoms with Crippen LogP contribution in [0, 0.1) is 0 Å². The Morgan fingerprint density at radius 3 is 2.29 bits per heavy atom. The van der Waals surface area contributed by atoms with Gasteiger partial charge in [-0.2, -0.15) is 11.8 Å². The summed E-state index contributed by atoms with van der Waals surface area (Å²) in [4.78, 5) is 12.1. The zero-order chi connectivity index (χ0) is 15.1. The molecule has 0 bridgehead atoms. The number of rotatable bonds is 6. The van der Waals surface area contributed by atoms with Crippen molar-refractivity contribution in [1.29, 1.82) is 0 Å². The second kappa shape index (κ2) is 7.29. The van der Waals surface area contributed by atoms with Crippen molar-refractivity contribution in [2.45, 2.75) is 18.3 Å². The van der Waals surface area contributed by atoms with Crippen molar-refractivity contribution >= 4 is 23.4 Å². The Morgan fingerprint density at radius 1 is 1.10 bits per heavy atom. The molecule has 0 heterocycles. The summed E-state index contributed by atoms with van der Waals surface area (Å²) in [6.45, 7) is 1.54. The fraction of sp³-hybridized carbons (Fsp3) is 0.235. The van der Waals surface area contributed by atoms with Crippen LogP contribution in [0.2, 0.25) is 0 Å². The highest BCUT2D eigenvalue weighted by Crippen LogP contribution is 2.19. The van der Waals surface area contributed by atoms with E-state index in [0.29, 0.717) is 11.4 Å². The maximum Gasteiger partial charge on any atom is 0.256 e. The summed E-state index contributed by atoms with van der Waals surface area (Å²) in [5, 5.41) is 13.0.